The van der Waals surface area contributed by atoms with E-state index in [0.717, 1.165) is 16.9 Å². The van der Waals surface area contributed by atoms with Gasteiger partial charge in [0.05, 0.1) is 61.8 Å². The Morgan fingerprint density at radius 2 is 1.17 bits per heavy atom. The van der Waals surface area contributed by atoms with Gasteiger partial charge in [-0.2, -0.15) is 9.97 Å². The van der Waals surface area contributed by atoms with Crippen molar-refractivity contribution in [3.8, 4) is 46.3 Å². The molecule has 0 saturated carbocycles. The molecule has 0 unspecified atom stereocenters. The maximum atomic E-state index is 11.8. The van der Waals surface area contributed by atoms with E-state index < -0.39 is 27.0 Å². The number of primary amides is 1. The summed E-state index contributed by atoms with van der Waals surface area (Å²) >= 11 is 11.4. The molecule has 0 saturated heterocycles. The Morgan fingerprint density at radius 1 is 0.690 bits per heavy atom. The Morgan fingerprint density at radius 3 is 1.66 bits per heavy atom. The van der Waals surface area contributed by atoms with Crippen molar-refractivity contribution in [3.63, 3.8) is 0 Å². The van der Waals surface area contributed by atoms with Gasteiger partial charge in [0.25, 0.3) is 11.8 Å². The van der Waals surface area contributed by atoms with Gasteiger partial charge in [-0.25, -0.2) is 15.4 Å². The molecule has 0 fully saturated rings. The molecule has 2 aromatic heterocycles. The predicted octanol–water partition coefficient (Wildman–Crippen LogP) is 11.5. The third kappa shape index (κ3) is 20.4. The first-order valence-electron chi connectivity index (χ1n) is 21.2. The van der Waals surface area contributed by atoms with Crippen LogP contribution in [0.3, 0.4) is 0 Å². The molecule has 4 aromatic carbocycles. The minimum absolute atomic E-state index is 0.0435. The summed E-state index contributed by atoms with van der Waals surface area (Å²) in [5.41, 5.74) is 17.1. The Labute approximate surface area is 451 Å². The number of nitrogens with two attached hydrogens (primary N) is 2. The van der Waals surface area contributed by atoms with E-state index in [0.29, 0.717) is 60.6 Å². The number of nitrogen functional groups attached to an aromatic ring is 1. The summed E-state index contributed by atoms with van der Waals surface area (Å²) in [7, 11) is 17.6. The van der Waals surface area contributed by atoms with Crippen molar-refractivity contribution in [3.05, 3.63) is 122 Å². The number of hydrogen-bond acceptors (Lipinski definition) is 16. The zero-order valence-corrected chi connectivity index (χ0v) is 49.3. The maximum absolute atomic E-state index is 11.8. The SMILES string of the molecule is CCN(CC)CC.CONC(=O)c1ccccc1Oc1nc(Cl)ncc1Br.COc1cc(N)cc(C)c1OC.COc1cc(Nc2ncc(Br)c(Oc3ccccc3C(N)=O)n2)cc(C)c1OC.[Cl][Zn][Cl]. The summed E-state index contributed by atoms with van der Waals surface area (Å²) in [5.74, 6) is 2.99. The average Bonchev–Trinajstić information content (AvgIpc) is 3.35. The van der Waals surface area contributed by atoms with Crippen LogP contribution in [0.4, 0.5) is 17.3 Å². The van der Waals surface area contributed by atoms with Crippen molar-refractivity contribution in [2.75, 3.05) is 66.2 Å². The van der Waals surface area contributed by atoms with Crippen LogP contribution in [0.15, 0.2) is 94.1 Å². The van der Waals surface area contributed by atoms with E-state index in [4.69, 9.17) is 70.9 Å². The van der Waals surface area contributed by atoms with E-state index in [-0.39, 0.29) is 22.6 Å². The first-order valence-corrected chi connectivity index (χ1v) is 30.9. The van der Waals surface area contributed by atoms with Gasteiger partial charge >= 0.3 is 34.5 Å². The standard InChI is InChI=1S/C20H19BrN4O4.C12H9BrClN3O3.C9H13NO2.C6H15N.2ClH.Zn/c1-11-8-12(9-16(27-2)17(11)28-3)24-20-23-10-14(21)19(25-20)29-15-7-5-4-6-13(15)18(22)26;1-19-17-10(18)7-4-2-3-5-9(7)20-11-8(13)6-15-12(14)16-11;1-6-4-7(10)5-8(11-2)9(6)12-3;1-4-7(5-2)6-3;;;/h4-10H,1-3H3,(H2,22,26)(H,23,24,25);2-6H,1H3,(H,17,18);4-5H,10H2,1-3H3;4-6H2,1-3H3;2*1H;/q;;;;;;+2/p-2. The van der Waals surface area contributed by atoms with Gasteiger partial charge < -0.3 is 50.1 Å². The van der Waals surface area contributed by atoms with Crippen LogP contribution < -0.4 is 50.7 Å². The zero-order chi connectivity index (χ0) is 53.0. The molecule has 0 aliphatic heterocycles. The van der Waals surface area contributed by atoms with Crippen LogP contribution in [0.1, 0.15) is 52.6 Å². The Balaban J connectivity index is 0.000000354. The van der Waals surface area contributed by atoms with Crippen LogP contribution in [0.2, 0.25) is 5.28 Å². The molecule has 6 aromatic rings. The second-order valence-electron chi connectivity index (χ2n) is 13.8. The number of rotatable bonds is 16. The van der Waals surface area contributed by atoms with Crippen LogP contribution in [-0.4, -0.2) is 91.8 Å². The van der Waals surface area contributed by atoms with Gasteiger partial charge in [-0.3, -0.25) is 14.4 Å². The summed E-state index contributed by atoms with van der Waals surface area (Å²) in [4.78, 5) is 46.8. The molecular formula is C47H56Br2Cl3N9O9Zn. The molecule has 0 bridgehead atoms. The van der Waals surface area contributed by atoms with E-state index in [1.807, 2.05) is 26.0 Å². The van der Waals surface area contributed by atoms with E-state index >= 15 is 0 Å². The number of amides is 2. The zero-order valence-electron chi connectivity index (χ0n) is 40.9. The molecule has 71 heavy (non-hydrogen) atoms. The number of benzene rings is 4. The normalized spacial score (nSPS) is 9.86. The van der Waals surface area contributed by atoms with Crippen molar-refractivity contribution < 1.29 is 58.0 Å². The molecule has 0 aliphatic carbocycles. The molecule has 0 aliphatic rings. The quantitative estimate of drug-likeness (QED) is 0.0306. The Hall–Kier alpha value is -5.25. The van der Waals surface area contributed by atoms with Gasteiger partial charge in [-0.15, -0.1) is 0 Å². The monoisotopic (exact) mass is 1220 g/mol. The van der Waals surface area contributed by atoms with Crippen LogP contribution in [0.25, 0.3) is 0 Å². The van der Waals surface area contributed by atoms with Gasteiger partial charge in [0, 0.05) is 29.7 Å². The third-order valence-corrected chi connectivity index (χ3v) is 10.5. The summed E-state index contributed by atoms with van der Waals surface area (Å²) in [6, 6.07) is 20.6. The molecule has 2 amide bonds. The van der Waals surface area contributed by atoms with E-state index in [1.165, 1.54) is 32.9 Å². The number of carbonyl (C=O) groups is 2. The topological polar surface area (TPSA) is 230 Å². The van der Waals surface area contributed by atoms with Gasteiger partial charge in [0.2, 0.25) is 23.0 Å². The number of carbonyl (C=O) groups excluding carboxylic acids is 2. The molecule has 24 heteroatoms. The van der Waals surface area contributed by atoms with Crippen molar-refractivity contribution in [2.24, 2.45) is 5.73 Å². The van der Waals surface area contributed by atoms with Crippen molar-refractivity contribution in [2.45, 2.75) is 34.6 Å². The van der Waals surface area contributed by atoms with E-state index in [1.54, 1.807) is 95.3 Å². The molecule has 0 spiro atoms. The van der Waals surface area contributed by atoms with Crippen LogP contribution in [0, 0.1) is 13.8 Å². The minimum atomic E-state index is -0.931. The number of para-hydroxylation sites is 2. The number of methoxy groups -OCH3 is 4. The third-order valence-electron chi connectivity index (χ3n) is 9.24. The average molecular weight is 1220 g/mol. The number of anilines is 3. The van der Waals surface area contributed by atoms with Crippen LogP contribution in [-0.2, 0) is 20.0 Å². The van der Waals surface area contributed by atoms with Gasteiger partial charge in [0.15, 0.2) is 23.0 Å². The second-order valence-corrected chi connectivity index (χ2v) is 20.5. The summed E-state index contributed by atoms with van der Waals surface area (Å²) in [5, 5.41) is 3.15. The molecule has 6 N–H and O–H groups in total. The number of nitrogens with one attached hydrogen (secondary N) is 2. The second kappa shape index (κ2) is 33.4. The number of nitrogens with zero attached hydrogens (tertiary/aromatic N) is 5. The number of halogens is 5. The molecule has 6 rings (SSSR count). The number of aryl methyl sites for hydroxylation is 2. The van der Waals surface area contributed by atoms with Crippen LogP contribution >= 0.6 is 62.8 Å². The van der Waals surface area contributed by atoms with E-state index in [9.17, 15) is 9.59 Å². The molecule has 2 heterocycles. The number of hydrogen-bond donors (Lipinski definition) is 4. The predicted molar refractivity (Wildman–Crippen MR) is 282 cm³/mol. The molecule has 18 nitrogen and oxygen atoms in total. The number of ether oxygens (including phenoxy) is 6. The number of hydroxylamine groups is 1. The molecule has 0 radical (unpaired) electrons. The Bertz CT molecular complexity index is 2620. The fourth-order valence-electron chi connectivity index (χ4n) is 5.95. The van der Waals surface area contributed by atoms with Gasteiger partial charge in [-0.05, 0) is 124 Å². The van der Waals surface area contributed by atoms with Crippen molar-refractivity contribution in [1.29, 1.82) is 0 Å². The molecule has 0 atom stereocenters. The van der Waals surface area contributed by atoms with Crippen LogP contribution in [0.5, 0.6) is 46.3 Å². The number of aromatic nitrogens is 4. The summed E-state index contributed by atoms with van der Waals surface area (Å²) < 4.78 is 33.4. The first-order chi connectivity index (χ1) is 34.0. The van der Waals surface area contributed by atoms with Crippen molar-refractivity contribution in [1.82, 2.24) is 30.3 Å². The summed E-state index contributed by atoms with van der Waals surface area (Å²) in [6.45, 7) is 14.0. The molecular weight excluding hydrogens is 1170 g/mol. The van der Waals surface area contributed by atoms with E-state index in [2.05, 4.69) is 93.1 Å². The van der Waals surface area contributed by atoms with Gasteiger partial charge in [-0.1, -0.05) is 45.0 Å². The fourth-order valence-corrected chi connectivity index (χ4v) is 6.62. The molecule has 380 valence electrons. The Kier molecular flexibility index (Phi) is 29.1. The summed E-state index contributed by atoms with van der Waals surface area (Å²) in [6.07, 6.45) is 3.01. The van der Waals surface area contributed by atoms with Crippen molar-refractivity contribution >= 4 is 92.0 Å². The van der Waals surface area contributed by atoms with Gasteiger partial charge in [0.1, 0.15) is 11.5 Å². The first kappa shape index (κ1) is 61.9. The fraction of sp³-hybridized carbons (Fsp3) is 0.277.